The highest BCUT2D eigenvalue weighted by atomic mass is 35.5. The molecule has 1 atom stereocenters. The molecule has 1 aliphatic rings. The van der Waals surface area contributed by atoms with Crippen LogP contribution in [-0.4, -0.2) is 28.4 Å². The molecule has 1 aliphatic heterocycles. The molecular weight excluding hydrogens is 368 g/mol. The topological polar surface area (TPSA) is 73.4 Å². The predicted octanol–water partition coefficient (Wildman–Crippen LogP) is 4.76. The fourth-order valence-corrected chi connectivity index (χ4v) is 4.15. The van der Waals surface area contributed by atoms with Crippen molar-refractivity contribution >= 4 is 23.0 Å². The Labute approximate surface area is 164 Å². The van der Waals surface area contributed by atoms with E-state index in [0.29, 0.717) is 11.1 Å². The third-order valence-electron chi connectivity index (χ3n) is 4.93. The van der Waals surface area contributed by atoms with Crippen LogP contribution in [0.2, 0.25) is 5.15 Å². The van der Waals surface area contributed by atoms with Gasteiger partial charge in [-0.15, -0.1) is 0 Å². The minimum atomic E-state index is -0.430. The van der Waals surface area contributed by atoms with Crippen LogP contribution in [-0.2, 0) is 6.54 Å². The van der Waals surface area contributed by atoms with Gasteiger partial charge in [-0.2, -0.15) is 5.10 Å². The standard InChI is InChI=1S/C19H25ClN4O3/c1-12(2)11-23-19(20)18(13(3)21-23)16-6-5-9-22(16)14-7-8-15(24(25)26)17(10-14)27-4/h7-8,10,12,16H,5-6,9,11H2,1-4H3. The quantitative estimate of drug-likeness (QED) is 0.523. The van der Waals surface area contributed by atoms with Crippen LogP contribution in [0.1, 0.15) is 44.0 Å². The molecule has 27 heavy (non-hydrogen) atoms. The maximum atomic E-state index is 11.2. The average molecular weight is 393 g/mol. The SMILES string of the molecule is COc1cc(N2CCCC2c2c(C)nn(CC(C)C)c2Cl)ccc1[N+](=O)[O-]. The van der Waals surface area contributed by atoms with E-state index in [0.717, 1.165) is 42.9 Å². The van der Waals surface area contributed by atoms with Crippen LogP contribution in [0.25, 0.3) is 0 Å². The van der Waals surface area contributed by atoms with Crippen LogP contribution in [0, 0.1) is 23.0 Å². The van der Waals surface area contributed by atoms with Gasteiger partial charge >= 0.3 is 5.69 Å². The van der Waals surface area contributed by atoms with Gasteiger partial charge in [-0.1, -0.05) is 25.4 Å². The van der Waals surface area contributed by atoms with Gasteiger partial charge < -0.3 is 9.64 Å². The van der Waals surface area contributed by atoms with Gasteiger partial charge in [0, 0.05) is 36.5 Å². The molecule has 0 spiro atoms. The summed E-state index contributed by atoms with van der Waals surface area (Å²) in [5.41, 5.74) is 2.85. The molecule has 2 aromatic rings. The molecule has 0 bridgehead atoms. The monoisotopic (exact) mass is 392 g/mol. The van der Waals surface area contributed by atoms with E-state index in [2.05, 4.69) is 23.8 Å². The Bertz CT molecular complexity index is 850. The van der Waals surface area contributed by atoms with Crippen molar-refractivity contribution in [1.29, 1.82) is 0 Å². The number of nitro groups is 1. The molecule has 1 unspecified atom stereocenters. The Morgan fingerprint density at radius 1 is 1.44 bits per heavy atom. The number of anilines is 1. The van der Waals surface area contributed by atoms with Gasteiger partial charge in [0.25, 0.3) is 0 Å². The highest BCUT2D eigenvalue weighted by molar-refractivity contribution is 6.30. The molecular formula is C19H25ClN4O3. The number of nitro benzene ring substituents is 1. The maximum Gasteiger partial charge on any atom is 0.311 e. The molecule has 146 valence electrons. The highest BCUT2D eigenvalue weighted by Gasteiger charge is 2.32. The molecule has 0 aliphatic carbocycles. The molecule has 0 N–H and O–H groups in total. The minimum absolute atomic E-state index is 0.0315. The smallest absolute Gasteiger partial charge is 0.311 e. The summed E-state index contributed by atoms with van der Waals surface area (Å²) in [5, 5.41) is 16.5. The third kappa shape index (κ3) is 3.74. The first kappa shape index (κ1) is 19.5. The minimum Gasteiger partial charge on any atom is -0.490 e. The number of nitrogens with zero attached hydrogens (tertiary/aromatic N) is 4. The van der Waals surface area contributed by atoms with Crippen molar-refractivity contribution in [2.75, 3.05) is 18.6 Å². The molecule has 1 saturated heterocycles. The van der Waals surface area contributed by atoms with Crippen molar-refractivity contribution in [1.82, 2.24) is 9.78 Å². The van der Waals surface area contributed by atoms with Crippen molar-refractivity contribution in [3.8, 4) is 5.75 Å². The number of halogens is 1. The number of benzene rings is 1. The fraction of sp³-hybridized carbons (Fsp3) is 0.526. The number of hydrogen-bond acceptors (Lipinski definition) is 5. The van der Waals surface area contributed by atoms with Crippen LogP contribution in [0.15, 0.2) is 18.2 Å². The van der Waals surface area contributed by atoms with Crippen molar-refractivity contribution in [2.45, 2.75) is 46.2 Å². The first-order valence-electron chi connectivity index (χ1n) is 9.15. The van der Waals surface area contributed by atoms with E-state index in [1.165, 1.54) is 13.2 Å². The zero-order chi connectivity index (χ0) is 19.7. The number of aromatic nitrogens is 2. The molecule has 8 heteroatoms. The van der Waals surface area contributed by atoms with E-state index < -0.39 is 4.92 Å². The van der Waals surface area contributed by atoms with E-state index in [-0.39, 0.29) is 17.5 Å². The van der Waals surface area contributed by atoms with Crippen LogP contribution in [0.4, 0.5) is 11.4 Å². The molecule has 1 aromatic carbocycles. The van der Waals surface area contributed by atoms with Crippen LogP contribution < -0.4 is 9.64 Å². The number of hydrogen-bond donors (Lipinski definition) is 0. The summed E-state index contributed by atoms with van der Waals surface area (Å²) in [6, 6.07) is 5.11. The zero-order valence-electron chi connectivity index (χ0n) is 16.1. The summed E-state index contributed by atoms with van der Waals surface area (Å²) in [5.74, 6) is 0.717. The largest absolute Gasteiger partial charge is 0.490 e. The van der Waals surface area contributed by atoms with Crippen LogP contribution >= 0.6 is 11.6 Å². The second kappa shape index (κ2) is 7.76. The second-order valence-electron chi connectivity index (χ2n) is 7.33. The van der Waals surface area contributed by atoms with Gasteiger partial charge in [0.2, 0.25) is 0 Å². The van der Waals surface area contributed by atoms with Crippen LogP contribution in [0.5, 0.6) is 5.75 Å². The predicted molar refractivity (Wildman–Crippen MR) is 106 cm³/mol. The summed E-state index contributed by atoms with van der Waals surface area (Å²) in [7, 11) is 1.45. The lowest BCUT2D eigenvalue weighted by molar-refractivity contribution is -0.385. The van der Waals surface area contributed by atoms with Crippen LogP contribution in [0.3, 0.4) is 0 Å². The number of ether oxygens (including phenoxy) is 1. The average Bonchev–Trinajstić information content (AvgIpc) is 3.18. The van der Waals surface area contributed by atoms with E-state index in [1.807, 2.05) is 11.6 Å². The van der Waals surface area contributed by atoms with E-state index in [1.54, 1.807) is 12.1 Å². The lowest BCUT2D eigenvalue weighted by Crippen LogP contribution is -2.23. The summed E-state index contributed by atoms with van der Waals surface area (Å²) in [6.07, 6.45) is 1.99. The van der Waals surface area contributed by atoms with Gasteiger partial charge in [-0.3, -0.25) is 14.8 Å². The summed E-state index contributed by atoms with van der Waals surface area (Å²) >= 11 is 6.69. The lowest BCUT2D eigenvalue weighted by atomic mass is 10.0. The number of rotatable bonds is 6. The highest BCUT2D eigenvalue weighted by Crippen LogP contribution is 2.42. The Hall–Kier alpha value is -2.28. The number of methoxy groups -OCH3 is 1. The molecule has 0 amide bonds. The Kier molecular flexibility index (Phi) is 5.60. The Morgan fingerprint density at radius 3 is 2.81 bits per heavy atom. The van der Waals surface area contributed by atoms with Gasteiger partial charge in [-0.05, 0) is 31.7 Å². The summed E-state index contributed by atoms with van der Waals surface area (Å²) < 4.78 is 7.11. The molecule has 1 fully saturated rings. The molecule has 3 rings (SSSR count). The second-order valence-corrected chi connectivity index (χ2v) is 7.69. The molecule has 0 saturated carbocycles. The van der Waals surface area contributed by atoms with Crippen molar-refractivity contribution < 1.29 is 9.66 Å². The van der Waals surface area contributed by atoms with E-state index in [4.69, 9.17) is 16.3 Å². The number of aryl methyl sites for hydroxylation is 1. The maximum absolute atomic E-state index is 11.2. The molecule has 1 aromatic heterocycles. The van der Waals surface area contributed by atoms with Crippen molar-refractivity contribution in [2.24, 2.45) is 5.92 Å². The van der Waals surface area contributed by atoms with Gasteiger partial charge in [0.05, 0.1) is 23.8 Å². The zero-order valence-corrected chi connectivity index (χ0v) is 16.9. The van der Waals surface area contributed by atoms with Gasteiger partial charge in [0.15, 0.2) is 5.75 Å². The summed E-state index contributed by atoms with van der Waals surface area (Å²) in [6.45, 7) is 7.90. The first-order valence-corrected chi connectivity index (χ1v) is 9.53. The van der Waals surface area contributed by atoms with Crippen molar-refractivity contribution in [3.63, 3.8) is 0 Å². The van der Waals surface area contributed by atoms with Gasteiger partial charge in [0.1, 0.15) is 5.15 Å². The Morgan fingerprint density at radius 2 is 2.19 bits per heavy atom. The third-order valence-corrected chi connectivity index (χ3v) is 5.32. The van der Waals surface area contributed by atoms with Gasteiger partial charge in [-0.25, -0.2) is 0 Å². The first-order chi connectivity index (χ1) is 12.8. The lowest BCUT2D eigenvalue weighted by Gasteiger charge is -2.27. The summed E-state index contributed by atoms with van der Waals surface area (Å²) in [4.78, 5) is 13.0. The van der Waals surface area contributed by atoms with Crippen molar-refractivity contribution in [3.05, 3.63) is 44.7 Å². The molecule has 0 radical (unpaired) electrons. The normalized spacial score (nSPS) is 17.0. The fourth-order valence-electron chi connectivity index (χ4n) is 3.78. The van der Waals surface area contributed by atoms with E-state index in [9.17, 15) is 10.1 Å². The molecule has 2 heterocycles. The Balaban J connectivity index is 1.97. The van der Waals surface area contributed by atoms with E-state index >= 15 is 0 Å². The molecule has 7 nitrogen and oxygen atoms in total.